The molecule has 8 nitrogen and oxygen atoms in total. The first-order chi connectivity index (χ1) is 18.5. The van der Waals surface area contributed by atoms with E-state index < -0.39 is 0 Å². The number of likely N-dealkylation sites (tertiary alicyclic amines) is 1. The maximum atomic E-state index is 13.1. The number of amides is 1. The molecule has 0 bridgehead atoms. The molecule has 0 aromatic heterocycles. The van der Waals surface area contributed by atoms with Crippen molar-refractivity contribution in [2.75, 3.05) is 57.9 Å². The van der Waals surface area contributed by atoms with E-state index in [9.17, 15) is 4.79 Å². The second-order valence-electron chi connectivity index (χ2n) is 11.1. The Balaban J connectivity index is 1.09. The number of hydrogen-bond acceptors (Lipinski definition) is 7. The van der Waals surface area contributed by atoms with E-state index in [-0.39, 0.29) is 12.0 Å². The lowest BCUT2D eigenvalue weighted by atomic mass is 9.96. The highest BCUT2D eigenvalue weighted by Gasteiger charge is 2.30. The first kappa shape index (κ1) is 26.9. The number of benzene rings is 2. The minimum Gasteiger partial charge on any atom is -0.490 e. The molecule has 3 fully saturated rings. The molecule has 38 heavy (non-hydrogen) atoms. The van der Waals surface area contributed by atoms with E-state index in [1.54, 1.807) is 0 Å². The van der Waals surface area contributed by atoms with Crippen LogP contribution in [0.4, 0.5) is 5.69 Å². The molecule has 2 unspecified atom stereocenters. The zero-order valence-corrected chi connectivity index (χ0v) is 23.1. The second-order valence-corrected chi connectivity index (χ2v) is 11.1. The smallest absolute Gasteiger partial charge is 0.253 e. The summed E-state index contributed by atoms with van der Waals surface area (Å²) in [5.41, 5.74) is 9.87. The van der Waals surface area contributed by atoms with E-state index in [1.807, 2.05) is 23.1 Å². The van der Waals surface area contributed by atoms with Crippen molar-refractivity contribution in [3.05, 3.63) is 59.7 Å². The van der Waals surface area contributed by atoms with Crippen LogP contribution < -0.4 is 20.5 Å². The Bertz CT molecular complexity index is 1040. The van der Waals surface area contributed by atoms with Gasteiger partial charge in [-0.05, 0) is 62.9 Å². The van der Waals surface area contributed by atoms with E-state index >= 15 is 0 Å². The van der Waals surface area contributed by atoms with Crippen LogP contribution in [0.1, 0.15) is 42.6 Å². The van der Waals surface area contributed by atoms with Gasteiger partial charge in [0.1, 0.15) is 11.9 Å². The molecule has 3 saturated heterocycles. The molecule has 0 aliphatic carbocycles. The number of nitrogens with one attached hydrogen (secondary N) is 2. The molecule has 8 heteroatoms. The number of rotatable bonds is 8. The highest BCUT2D eigenvalue weighted by atomic mass is 16.5. The standard InChI is InChI=1S/C30H43N5O3/c1-22-29(23(2)32-31-22)21-33(3)20-24-5-4-6-28(19-24)38-27-11-13-35(14-12-27)30(36)25-7-9-26(10-8-25)34-15-17-37-18-16-34/h4-10,19,22-23,27,29,31-32H,11-18,20-21H2,1-3H3. The lowest BCUT2D eigenvalue weighted by Gasteiger charge is -2.32. The summed E-state index contributed by atoms with van der Waals surface area (Å²) in [5.74, 6) is 1.61. The zero-order chi connectivity index (χ0) is 26.5. The molecule has 0 radical (unpaired) electrons. The van der Waals surface area contributed by atoms with Crippen molar-refractivity contribution < 1.29 is 14.3 Å². The van der Waals surface area contributed by atoms with Crippen molar-refractivity contribution in [2.45, 2.75) is 51.4 Å². The fraction of sp³-hybridized carbons (Fsp3) is 0.567. The highest BCUT2D eigenvalue weighted by molar-refractivity contribution is 5.94. The van der Waals surface area contributed by atoms with Gasteiger partial charge in [0.2, 0.25) is 0 Å². The van der Waals surface area contributed by atoms with Gasteiger partial charge in [-0.1, -0.05) is 12.1 Å². The molecule has 1 amide bonds. The largest absolute Gasteiger partial charge is 0.490 e. The minimum atomic E-state index is 0.110. The Morgan fingerprint density at radius 3 is 2.37 bits per heavy atom. The Morgan fingerprint density at radius 1 is 1.00 bits per heavy atom. The number of ether oxygens (including phenoxy) is 2. The molecular weight excluding hydrogens is 478 g/mol. The molecule has 206 valence electrons. The monoisotopic (exact) mass is 521 g/mol. The number of morpholine rings is 1. The molecule has 0 spiro atoms. The summed E-state index contributed by atoms with van der Waals surface area (Å²) in [4.78, 5) is 19.8. The number of anilines is 1. The van der Waals surface area contributed by atoms with Crippen LogP contribution in [-0.2, 0) is 11.3 Å². The van der Waals surface area contributed by atoms with Gasteiger partial charge in [0.25, 0.3) is 5.91 Å². The maximum Gasteiger partial charge on any atom is 0.253 e. The SMILES string of the molecule is CC1NNC(C)C1CN(C)Cc1cccc(OC2CCN(C(=O)c3ccc(N4CCOCC4)cc3)CC2)c1. The topological polar surface area (TPSA) is 69.3 Å². The summed E-state index contributed by atoms with van der Waals surface area (Å²) in [7, 11) is 2.19. The predicted octanol–water partition coefficient (Wildman–Crippen LogP) is 3.14. The summed E-state index contributed by atoms with van der Waals surface area (Å²) in [6, 6.07) is 17.4. The quantitative estimate of drug-likeness (QED) is 0.553. The number of piperidine rings is 1. The van der Waals surface area contributed by atoms with Crippen LogP contribution in [0.5, 0.6) is 5.75 Å². The average Bonchev–Trinajstić information content (AvgIpc) is 3.26. The van der Waals surface area contributed by atoms with Gasteiger partial charge in [-0.25, -0.2) is 0 Å². The van der Waals surface area contributed by atoms with E-state index in [4.69, 9.17) is 9.47 Å². The van der Waals surface area contributed by atoms with E-state index in [0.717, 1.165) is 82.3 Å². The molecule has 5 rings (SSSR count). The third kappa shape index (κ3) is 6.67. The normalized spacial score (nSPS) is 24.7. The van der Waals surface area contributed by atoms with Crippen molar-refractivity contribution in [3.8, 4) is 5.75 Å². The molecule has 2 aromatic carbocycles. The van der Waals surface area contributed by atoms with E-state index in [2.05, 4.69) is 71.9 Å². The van der Waals surface area contributed by atoms with E-state index in [1.165, 1.54) is 5.56 Å². The molecular formula is C30H43N5O3. The summed E-state index contributed by atoms with van der Waals surface area (Å²) >= 11 is 0. The average molecular weight is 522 g/mol. The molecule has 2 aromatic rings. The Morgan fingerprint density at radius 2 is 1.68 bits per heavy atom. The fourth-order valence-electron chi connectivity index (χ4n) is 5.87. The lowest BCUT2D eigenvalue weighted by Crippen LogP contribution is -2.41. The van der Waals surface area contributed by atoms with Crippen LogP contribution in [0, 0.1) is 5.92 Å². The number of hydrazine groups is 1. The van der Waals surface area contributed by atoms with Gasteiger partial charge in [0, 0.05) is 81.4 Å². The predicted molar refractivity (Wildman–Crippen MR) is 150 cm³/mol. The third-order valence-corrected chi connectivity index (χ3v) is 8.22. The van der Waals surface area contributed by atoms with Crippen LogP contribution in [0.15, 0.2) is 48.5 Å². The van der Waals surface area contributed by atoms with Crippen molar-refractivity contribution >= 4 is 11.6 Å². The molecule has 0 saturated carbocycles. The number of carbonyl (C=O) groups is 1. The molecule has 3 aliphatic rings. The summed E-state index contributed by atoms with van der Waals surface area (Å²) < 4.78 is 11.8. The van der Waals surface area contributed by atoms with Gasteiger partial charge >= 0.3 is 0 Å². The van der Waals surface area contributed by atoms with Crippen LogP contribution in [0.2, 0.25) is 0 Å². The van der Waals surface area contributed by atoms with Crippen molar-refractivity contribution in [1.29, 1.82) is 0 Å². The molecule has 3 aliphatic heterocycles. The van der Waals surface area contributed by atoms with Crippen molar-refractivity contribution in [3.63, 3.8) is 0 Å². The molecule has 3 heterocycles. The minimum absolute atomic E-state index is 0.110. The van der Waals surface area contributed by atoms with Crippen LogP contribution in [0.3, 0.4) is 0 Å². The van der Waals surface area contributed by atoms with Gasteiger partial charge in [0.05, 0.1) is 13.2 Å². The third-order valence-electron chi connectivity index (χ3n) is 8.22. The Kier molecular flexibility index (Phi) is 8.84. The van der Waals surface area contributed by atoms with Gasteiger partial charge in [-0.2, -0.15) is 0 Å². The summed E-state index contributed by atoms with van der Waals surface area (Å²) in [5, 5.41) is 0. The maximum absolute atomic E-state index is 13.1. The lowest BCUT2D eigenvalue weighted by molar-refractivity contribution is 0.0595. The van der Waals surface area contributed by atoms with Crippen LogP contribution in [0.25, 0.3) is 0 Å². The number of nitrogens with zero attached hydrogens (tertiary/aromatic N) is 3. The molecule has 2 N–H and O–H groups in total. The first-order valence-corrected chi connectivity index (χ1v) is 14.1. The van der Waals surface area contributed by atoms with Gasteiger partial charge in [0.15, 0.2) is 0 Å². The highest BCUT2D eigenvalue weighted by Crippen LogP contribution is 2.24. The Labute approximate surface area is 227 Å². The number of hydrogen-bond donors (Lipinski definition) is 2. The van der Waals surface area contributed by atoms with Gasteiger partial charge < -0.3 is 24.2 Å². The van der Waals surface area contributed by atoms with Crippen molar-refractivity contribution in [2.24, 2.45) is 5.92 Å². The van der Waals surface area contributed by atoms with E-state index in [0.29, 0.717) is 18.0 Å². The van der Waals surface area contributed by atoms with Crippen LogP contribution >= 0.6 is 0 Å². The summed E-state index contributed by atoms with van der Waals surface area (Å²) in [6.45, 7) is 11.2. The summed E-state index contributed by atoms with van der Waals surface area (Å²) in [6.07, 6.45) is 1.83. The second kappa shape index (κ2) is 12.5. The van der Waals surface area contributed by atoms with Gasteiger partial charge in [-0.15, -0.1) is 0 Å². The molecule has 2 atom stereocenters. The zero-order valence-electron chi connectivity index (χ0n) is 23.1. The number of carbonyl (C=O) groups excluding carboxylic acids is 1. The van der Waals surface area contributed by atoms with Crippen molar-refractivity contribution in [1.82, 2.24) is 20.7 Å². The fourth-order valence-corrected chi connectivity index (χ4v) is 5.87. The van der Waals surface area contributed by atoms with Crippen LogP contribution in [-0.4, -0.2) is 86.9 Å². The first-order valence-electron chi connectivity index (χ1n) is 14.1. The Hall–Kier alpha value is -2.65. The van der Waals surface area contributed by atoms with Gasteiger partial charge in [-0.3, -0.25) is 15.6 Å².